The molecule has 0 amide bonds. The molecular formula is C61H40F2N2. The summed E-state index contributed by atoms with van der Waals surface area (Å²) in [6, 6.07) is 82.9. The highest BCUT2D eigenvalue weighted by molar-refractivity contribution is 6.24. The van der Waals surface area contributed by atoms with Crippen molar-refractivity contribution < 1.29 is 8.78 Å². The van der Waals surface area contributed by atoms with Gasteiger partial charge in [-0.25, -0.2) is 8.78 Å². The molecule has 0 radical (unpaired) electrons. The minimum atomic E-state index is -0.795. The maximum Gasteiger partial charge on any atom is 0.123 e. The van der Waals surface area contributed by atoms with Gasteiger partial charge in [0.25, 0.3) is 0 Å². The van der Waals surface area contributed by atoms with Crippen molar-refractivity contribution in [2.24, 2.45) is 0 Å². The van der Waals surface area contributed by atoms with E-state index in [1.54, 1.807) is 0 Å². The first-order chi connectivity index (χ1) is 32.1. The van der Waals surface area contributed by atoms with Crippen LogP contribution in [-0.4, -0.2) is 0 Å². The van der Waals surface area contributed by atoms with Gasteiger partial charge in [-0.15, -0.1) is 0 Å². The zero-order chi connectivity index (χ0) is 43.5. The first-order valence-corrected chi connectivity index (χ1v) is 22.0. The van der Waals surface area contributed by atoms with E-state index in [2.05, 4.69) is 180 Å². The van der Waals surface area contributed by atoms with Crippen LogP contribution in [0.15, 0.2) is 243 Å². The monoisotopic (exact) mass is 838 g/mol. The Bertz CT molecular complexity index is 3500. The van der Waals surface area contributed by atoms with Crippen LogP contribution in [0.4, 0.5) is 42.9 Å². The number of halogens is 2. The normalized spacial score (nSPS) is 12.6. The van der Waals surface area contributed by atoms with Crippen molar-refractivity contribution in [3.05, 3.63) is 277 Å². The van der Waals surface area contributed by atoms with Crippen molar-refractivity contribution in [3.63, 3.8) is 0 Å². The average molecular weight is 839 g/mol. The fourth-order valence-electron chi connectivity index (χ4n) is 10.6. The third kappa shape index (κ3) is 6.06. The Labute approximate surface area is 376 Å². The molecule has 11 aromatic carbocycles. The van der Waals surface area contributed by atoms with Gasteiger partial charge in [-0.3, -0.25) is 0 Å². The van der Waals surface area contributed by atoms with Crippen LogP contribution in [0.25, 0.3) is 43.4 Å². The fraction of sp³-hybridized carbons (Fsp3) is 0.0164. The molecule has 0 atom stereocenters. The molecule has 65 heavy (non-hydrogen) atoms. The van der Waals surface area contributed by atoms with Crippen molar-refractivity contribution in [1.82, 2.24) is 0 Å². The number of benzene rings is 11. The summed E-state index contributed by atoms with van der Waals surface area (Å²) in [5.74, 6) is -0.561. The van der Waals surface area contributed by atoms with Gasteiger partial charge in [-0.05, 0) is 151 Å². The molecule has 0 aliphatic heterocycles. The molecule has 0 heterocycles. The lowest BCUT2D eigenvalue weighted by molar-refractivity contribution is 0.627. The summed E-state index contributed by atoms with van der Waals surface area (Å²) in [6.07, 6.45) is 0. The standard InChI is InChI=1S/C61H40F2N2/c62-43-29-33-47(34-30-43)64(45-21-9-3-10-22-45)49-37-38-54-55(39-49)50-25-13-15-27-52(50)59-58-53-28-16-14-26-51(53)57(65(46-23-11-4-12-24-46)48-35-31-44(63)32-36-48)40-56(58)61(60(54)59,41-17-5-1-6-18-41)42-19-7-2-8-20-42/h1-40H. The van der Waals surface area contributed by atoms with Crippen molar-refractivity contribution in [2.75, 3.05) is 9.80 Å². The number of anilines is 6. The van der Waals surface area contributed by atoms with Gasteiger partial charge in [0.1, 0.15) is 11.6 Å². The average Bonchev–Trinajstić information content (AvgIpc) is 3.69. The molecule has 0 saturated heterocycles. The smallest absolute Gasteiger partial charge is 0.123 e. The molecule has 308 valence electrons. The Balaban J connectivity index is 1.25. The Morgan fingerprint density at radius 3 is 1.26 bits per heavy atom. The van der Waals surface area contributed by atoms with E-state index in [1.165, 1.54) is 46.5 Å². The molecule has 0 bridgehead atoms. The van der Waals surface area contributed by atoms with E-state index in [1.807, 2.05) is 48.5 Å². The summed E-state index contributed by atoms with van der Waals surface area (Å²) < 4.78 is 29.1. The molecule has 2 nitrogen and oxygen atoms in total. The van der Waals surface area contributed by atoms with Gasteiger partial charge < -0.3 is 9.80 Å². The number of rotatable bonds is 8. The molecule has 0 spiro atoms. The van der Waals surface area contributed by atoms with Gasteiger partial charge in [0.05, 0.1) is 11.1 Å². The minimum absolute atomic E-state index is 0.278. The highest BCUT2D eigenvalue weighted by atomic mass is 19.1. The Morgan fingerprint density at radius 2 is 0.708 bits per heavy atom. The van der Waals surface area contributed by atoms with Crippen LogP contribution >= 0.6 is 0 Å². The summed E-state index contributed by atoms with van der Waals surface area (Å²) in [5, 5.41) is 6.77. The lowest BCUT2D eigenvalue weighted by Crippen LogP contribution is -2.29. The lowest BCUT2D eigenvalue weighted by atomic mass is 9.66. The molecule has 0 aromatic heterocycles. The predicted octanol–water partition coefficient (Wildman–Crippen LogP) is 16.7. The quantitative estimate of drug-likeness (QED) is 0.141. The number of hydrogen-bond acceptors (Lipinski definition) is 2. The summed E-state index contributed by atoms with van der Waals surface area (Å²) >= 11 is 0. The van der Waals surface area contributed by atoms with Crippen LogP contribution in [-0.2, 0) is 5.41 Å². The summed E-state index contributed by atoms with van der Waals surface area (Å²) in [6.45, 7) is 0. The zero-order valence-corrected chi connectivity index (χ0v) is 35.2. The van der Waals surface area contributed by atoms with Crippen LogP contribution < -0.4 is 9.80 Å². The Hall–Kier alpha value is -8.34. The highest BCUT2D eigenvalue weighted by Gasteiger charge is 2.49. The van der Waals surface area contributed by atoms with Gasteiger partial charge in [0.2, 0.25) is 0 Å². The van der Waals surface area contributed by atoms with Crippen molar-refractivity contribution in [3.8, 4) is 11.1 Å². The molecule has 4 heteroatoms. The summed E-state index contributed by atoms with van der Waals surface area (Å²) in [5.41, 5.74) is 11.9. The maximum absolute atomic E-state index is 14.7. The third-order valence-electron chi connectivity index (χ3n) is 13.2. The topological polar surface area (TPSA) is 6.48 Å². The number of fused-ring (bicyclic) bond motifs is 10. The SMILES string of the molecule is Fc1ccc(N(c2ccccc2)c2ccc3c4c(c5ccccc5c3c2)-c2c(cc(N(c3ccccc3)c3ccc(F)cc3)c3ccccc23)C4(c2ccccc2)c2ccccc2)cc1. The molecule has 0 saturated carbocycles. The third-order valence-corrected chi connectivity index (χ3v) is 13.2. The van der Waals surface area contributed by atoms with E-state index in [0.717, 1.165) is 77.6 Å². The first kappa shape index (κ1) is 38.3. The summed E-state index contributed by atoms with van der Waals surface area (Å²) in [4.78, 5) is 4.46. The van der Waals surface area contributed by atoms with E-state index >= 15 is 0 Å². The predicted molar refractivity (Wildman–Crippen MR) is 266 cm³/mol. The minimum Gasteiger partial charge on any atom is -0.310 e. The Morgan fingerprint density at radius 1 is 0.292 bits per heavy atom. The van der Waals surface area contributed by atoms with E-state index in [4.69, 9.17) is 0 Å². The molecule has 12 rings (SSSR count). The lowest BCUT2D eigenvalue weighted by Gasteiger charge is -2.36. The number of para-hydroxylation sites is 2. The van der Waals surface area contributed by atoms with E-state index in [-0.39, 0.29) is 11.6 Å². The fourth-order valence-corrected chi connectivity index (χ4v) is 10.6. The van der Waals surface area contributed by atoms with Crippen molar-refractivity contribution >= 4 is 66.4 Å². The van der Waals surface area contributed by atoms with Crippen LogP contribution in [0.3, 0.4) is 0 Å². The van der Waals surface area contributed by atoms with E-state index in [9.17, 15) is 8.78 Å². The highest BCUT2D eigenvalue weighted by Crippen LogP contribution is 2.63. The Kier molecular flexibility index (Phi) is 9.13. The molecule has 1 aliphatic rings. The number of hydrogen-bond donors (Lipinski definition) is 0. The number of nitrogens with zero attached hydrogens (tertiary/aromatic N) is 2. The van der Waals surface area contributed by atoms with Crippen LogP contribution in [0, 0.1) is 11.6 Å². The molecule has 11 aromatic rings. The molecule has 0 N–H and O–H groups in total. The van der Waals surface area contributed by atoms with Crippen molar-refractivity contribution in [1.29, 1.82) is 0 Å². The molecule has 0 fully saturated rings. The van der Waals surface area contributed by atoms with Crippen LogP contribution in [0.1, 0.15) is 22.3 Å². The van der Waals surface area contributed by atoms with Crippen LogP contribution in [0.2, 0.25) is 0 Å². The van der Waals surface area contributed by atoms with Gasteiger partial charge in [0.15, 0.2) is 0 Å². The second-order valence-corrected chi connectivity index (χ2v) is 16.7. The van der Waals surface area contributed by atoms with Gasteiger partial charge in [-0.2, -0.15) is 0 Å². The van der Waals surface area contributed by atoms with Crippen molar-refractivity contribution in [2.45, 2.75) is 5.41 Å². The van der Waals surface area contributed by atoms with E-state index in [0.29, 0.717) is 0 Å². The second kappa shape index (κ2) is 15.5. The molecule has 1 aliphatic carbocycles. The van der Waals surface area contributed by atoms with Gasteiger partial charge >= 0.3 is 0 Å². The van der Waals surface area contributed by atoms with Gasteiger partial charge in [-0.1, -0.05) is 152 Å². The summed E-state index contributed by atoms with van der Waals surface area (Å²) in [7, 11) is 0. The second-order valence-electron chi connectivity index (χ2n) is 16.7. The molecule has 0 unspecified atom stereocenters. The first-order valence-electron chi connectivity index (χ1n) is 22.0. The largest absolute Gasteiger partial charge is 0.310 e. The van der Waals surface area contributed by atoms with Gasteiger partial charge in [0, 0.05) is 33.8 Å². The zero-order valence-electron chi connectivity index (χ0n) is 35.2. The van der Waals surface area contributed by atoms with E-state index < -0.39 is 5.41 Å². The maximum atomic E-state index is 14.7. The molecular weight excluding hydrogens is 799 g/mol. The van der Waals surface area contributed by atoms with Crippen LogP contribution in [0.5, 0.6) is 0 Å².